The number of nitrogens with zero attached hydrogens (tertiary/aromatic N) is 3. The average Bonchev–Trinajstić information content (AvgIpc) is 2.87. The number of hydrogen-bond acceptors (Lipinski definition) is 8. The van der Waals surface area contributed by atoms with Crippen molar-refractivity contribution in [2.75, 3.05) is 37.3 Å². The molecule has 0 radical (unpaired) electrons. The minimum Gasteiger partial charge on any atom is -0.489 e. The average molecular weight is 524 g/mol. The third-order valence-electron chi connectivity index (χ3n) is 6.08. The fourth-order valence-corrected chi connectivity index (χ4v) is 4.83. The zero-order valence-electron chi connectivity index (χ0n) is 21.5. The van der Waals surface area contributed by atoms with Crippen LogP contribution in [0.5, 0.6) is 5.75 Å². The first-order valence-electron chi connectivity index (χ1n) is 12.3. The van der Waals surface area contributed by atoms with Crippen LogP contribution in [0.4, 0.5) is 5.82 Å². The molecule has 8 nitrogen and oxygen atoms in total. The quantitative estimate of drug-likeness (QED) is 0.390. The van der Waals surface area contributed by atoms with Crippen molar-refractivity contribution < 1.29 is 22.7 Å². The van der Waals surface area contributed by atoms with E-state index in [1.54, 1.807) is 42.6 Å². The third-order valence-corrected chi connectivity index (χ3v) is 7.21. The maximum absolute atomic E-state index is 12.5. The number of esters is 1. The van der Waals surface area contributed by atoms with Gasteiger partial charge in [0, 0.05) is 45.2 Å². The van der Waals surface area contributed by atoms with Crippen molar-refractivity contribution in [2.45, 2.75) is 38.0 Å². The molecule has 3 aromatic rings. The summed E-state index contributed by atoms with van der Waals surface area (Å²) in [6.45, 7) is 8.03. The largest absolute Gasteiger partial charge is 0.489 e. The molecule has 1 aromatic heterocycles. The predicted octanol–water partition coefficient (Wildman–Crippen LogP) is 3.95. The van der Waals surface area contributed by atoms with Gasteiger partial charge in [0.15, 0.2) is 9.84 Å². The van der Waals surface area contributed by atoms with Gasteiger partial charge in [-0.15, -0.1) is 0 Å². The topological polar surface area (TPSA) is 89.0 Å². The van der Waals surface area contributed by atoms with Crippen LogP contribution in [0.25, 0.3) is 0 Å². The number of ether oxygens (including phenoxy) is 2. The van der Waals surface area contributed by atoms with Crippen LogP contribution in [0.3, 0.4) is 0 Å². The van der Waals surface area contributed by atoms with E-state index < -0.39 is 9.84 Å². The summed E-state index contributed by atoms with van der Waals surface area (Å²) >= 11 is 0. The Morgan fingerprint density at radius 2 is 1.70 bits per heavy atom. The van der Waals surface area contributed by atoms with Crippen LogP contribution in [-0.2, 0) is 27.7 Å². The van der Waals surface area contributed by atoms with E-state index in [0.29, 0.717) is 22.9 Å². The van der Waals surface area contributed by atoms with E-state index in [1.807, 2.05) is 32.0 Å². The molecule has 37 heavy (non-hydrogen) atoms. The van der Waals surface area contributed by atoms with E-state index in [9.17, 15) is 13.2 Å². The molecule has 0 saturated carbocycles. The van der Waals surface area contributed by atoms with Gasteiger partial charge in [0.1, 0.15) is 23.7 Å². The number of aromatic nitrogens is 1. The normalized spacial score (nSPS) is 14.5. The first-order valence-corrected chi connectivity index (χ1v) is 14.2. The number of sulfone groups is 1. The van der Waals surface area contributed by atoms with Gasteiger partial charge < -0.3 is 14.4 Å². The molecule has 0 atom stereocenters. The van der Waals surface area contributed by atoms with Gasteiger partial charge >= 0.3 is 5.97 Å². The van der Waals surface area contributed by atoms with Crippen LogP contribution in [-0.4, -0.2) is 62.8 Å². The Morgan fingerprint density at radius 3 is 2.38 bits per heavy atom. The van der Waals surface area contributed by atoms with Gasteiger partial charge in [-0.25, -0.2) is 18.2 Å². The minimum absolute atomic E-state index is 0.183. The van der Waals surface area contributed by atoms with Crippen molar-refractivity contribution in [1.29, 1.82) is 0 Å². The molecule has 0 amide bonds. The fourth-order valence-electron chi connectivity index (χ4n) is 4.20. The van der Waals surface area contributed by atoms with Crippen LogP contribution in [0.15, 0.2) is 71.8 Å². The fraction of sp³-hybridized carbons (Fsp3) is 0.357. The lowest BCUT2D eigenvalue weighted by Crippen LogP contribution is -2.46. The Labute approximate surface area is 218 Å². The van der Waals surface area contributed by atoms with E-state index >= 15 is 0 Å². The van der Waals surface area contributed by atoms with Gasteiger partial charge in [0.05, 0.1) is 11.0 Å². The van der Waals surface area contributed by atoms with Gasteiger partial charge in [-0.1, -0.05) is 24.3 Å². The molecule has 196 valence electrons. The maximum atomic E-state index is 12.5. The Hall–Kier alpha value is -3.43. The number of rotatable bonds is 9. The molecule has 1 aliphatic heterocycles. The van der Waals surface area contributed by atoms with Gasteiger partial charge in [-0.2, -0.15) is 0 Å². The summed E-state index contributed by atoms with van der Waals surface area (Å²) in [5.41, 5.74) is 2.55. The van der Waals surface area contributed by atoms with Gasteiger partial charge in [-0.3, -0.25) is 4.90 Å². The monoisotopic (exact) mass is 523 g/mol. The second-order valence-electron chi connectivity index (χ2n) is 9.44. The summed E-state index contributed by atoms with van der Waals surface area (Å²) in [5, 5.41) is 0. The minimum atomic E-state index is -3.21. The Kier molecular flexibility index (Phi) is 8.45. The van der Waals surface area contributed by atoms with Crippen LogP contribution in [0, 0.1) is 0 Å². The molecule has 1 saturated heterocycles. The van der Waals surface area contributed by atoms with Crippen LogP contribution in [0.2, 0.25) is 0 Å². The van der Waals surface area contributed by atoms with Crippen LogP contribution >= 0.6 is 0 Å². The maximum Gasteiger partial charge on any atom is 0.342 e. The number of pyridine rings is 1. The number of hydrogen-bond donors (Lipinski definition) is 0. The summed E-state index contributed by atoms with van der Waals surface area (Å²) in [7, 11) is -3.21. The molecule has 2 heterocycles. The van der Waals surface area contributed by atoms with Crippen molar-refractivity contribution >= 4 is 21.6 Å². The van der Waals surface area contributed by atoms with Crippen molar-refractivity contribution in [3.63, 3.8) is 0 Å². The lowest BCUT2D eigenvalue weighted by molar-refractivity contribution is 0.0378. The summed E-state index contributed by atoms with van der Waals surface area (Å²) in [6, 6.07) is 18.3. The lowest BCUT2D eigenvalue weighted by Gasteiger charge is -2.36. The number of piperazine rings is 1. The second kappa shape index (κ2) is 11.7. The van der Waals surface area contributed by atoms with E-state index in [-0.39, 0.29) is 12.1 Å². The Bertz CT molecular complexity index is 1320. The summed E-state index contributed by atoms with van der Waals surface area (Å²) in [5.74, 6) is 1.10. The molecular weight excluding hydrogens is 490 g/mol. The molecule has 0 spiro atoms. The molecule has 0 bridgehead atoms. The van der Waals surface area contributed by atoms with E-state index in [1.165, 1.54) is 6.26 Å². The first kappa shape index (κ1) is 26.6. The van der Waals surface area contributed by atoms with Crippen LogP contribution in [0.1, 0.15) is 35.3 Å². The SMILES string of the molecule is CC(C)OC(=O)c1cccnc1N1CCN(Cc2cccc(OCc3ccc(S(C)(=O)=O)cc3)c2)CC1. The first-order chi connectivity index (χ1) is 17.7. The predicted molar refractivity (Wildman–Crippen MR) is 143 cm³/mol. The van der Waals surface area contributed by atoms with Crippen molar-refractivity contribution in [3.8, 4) is 5.75 Å². The molecular formula is C28H33N3O5S. The van der Waals surface area contributed by atoms with Crippen molar-refractivity contribution in [3.05, 3.63) is 83.6 Å². The van der Waals surface area contributed by atoms with Crippen molar-refractivity contribution in [2.24, 2.45) is 0 Å². The Balaban J connectivity index is 1.31. The molecule has 4 rings (SSSR count). The van der Waals surface area contributed by atoms with E-state index in [4.69, 9.17) is 9.47 Å². The number of anilines is 1. The third kappa shape index (κ3) is 7.30. The van der Waals surface area contributed by atoms with Gasteiger partial charge in [-0.05, 0) is 61.4 Å². The molecule has 1 aliphatic rings. The Morgan fingerprint density at radius 1 is 0.973 bits per heavy atom. The highest BCUT2D eigenvalue weighted by molar-refractivity contribution is 7.90. The molecule has 1 fully saturated rings. The highest BCUT2D eigenvalue weighted by Crippen LogP contribution is 2.22. The summed E-state index contributed by atoms with van der Waals surface area (Å²) in [4.78, 5) is 21.8. The van der Waals surface area contributed by atoms with E-state index in [2.05, 4.69) is 20.9 Å². The zero-order valence-corrected chi connectivity index (χ0v) is 22.3. The molecule has 0 aliphatic carbocycles. The second-order valence-corrected chi connectivity index (χ2v) is 11.5. The molecule has 0 unspecified atom stereocenters. The molecule has 2 aromatic carbocycles. The highest BCUT2D eigenvalue weighted by atomic mass is 32.2. The summed E-state index contributed by atoms with van der Waals surface area (Å²) in [6.07, 6.45) is 2.72. The number of carbonyl (C=O) groups is 1. The zero-order chi connectivity index (χ0) is 26.4. The molecule has 9 heteroatoms. The molecule has 0 N–H and O–H groups in total. The number of benzene rings is 2. The highest BCUT2D eigenvalue weighted by Gasteiger charge is 2.23. The smallest absolute Gasteiger partial charge is 0.342 e. The van der Waals surface area contributed by atoms with Gasteiger partial charge in [0.25, 0.3) is 0 Å². The number of carbonyl (C=O) groups excluding carboxylic acids is 1. The lowest BCUT2D eigenvalue weighted by atomic mass is 10.1. The van der Waals surface area contributed by atoms with E-state index in [0.717, 1.165) is 49.6 Å². The summed E-state index contributed by atoms with van der Waals surface area (Å²) < 4.78 is 34.6. The van der Waals surface area contributed by atoms with Crippen molar-refractivity contribution in [1.82, 2.24) is 9.88 Å². The van der Waals surface area contributed by atoms with Gasteiger partial charge in [0.2, 0.25) is 0 Å². The van der Waals surface area contributed by atoms with Crippen LogP contribution < -0.4 is 9.64 Å². The standard InChI is InChI=1S/C28H33N3O5S/c1-21(2)36-28(32)26-8-5-13-29-27(26)31-16-14-30(15-17-31)19-23-6-4-7-24(18-23)35-20-22-9-11-25(12-10-22)37(3,33)34/h4-13,18,21H,14-17,19-20H2,1-3H3.